The molecule has 2 aromatic carbocycles. The van der Waals surface area contributed by atoms with E-state index in [-0.39, 0.29) is 11.8 Å². The van der Waals surface area contributed by atoms with Crippen molar-refractivity contribution in [3.8, 4) is 5.75 Å². The van der Waals surface area contributed by atoms with Gasteiger partial charge in [-0.2, -0.15) is 0 Å². The number of carbonyl (C=O) groups excluding carboxylic acids is 3. The number of carbonyl (C=O) groups is 3. The largest absolute Gasteiger partial charge is 0.427 e. The molecule has 0 aliphatic carbocycles. The molecular formula is C22H24N2O5. The molecule has 1 fully saturated rings. The lowest BCUT2D eigenvalue weighted by molar-refractivity contribution is -0.131. The second kappa shape index (κ2) is 9.84. The van der Waals surface area contributed by atoms with Crippen LogP contribution in [0.2, 0.25) is 0 Å². The number of ether oxygens (including phenoxy) is 2. The molecule has 1 aliphatic rings. The summed E-state index contributed by atoms with van der Waals surface area (Å²) in [5.41, 5.74) is 1.37. The fraction of sp³-hybridized carbons (Fsp3) is 0.318. The molecule has 1 saturated heterocycles. The van der Waals surface area contributed by atoms with Crippen molar-refractivity contribution in [1.82, 2.24) is 0 Å². The van der Waals surface area contributed by atoms with Gasteiger partial charge < -0.3 is 20.1 Å². The minimum Gasteiger partial charge on any atom is -0.427 e. The van der Waals surface area contributed by atoms with Crippen LogP contribution in [-0.4, -0.2) is 31.0 Å². The molecule has 0 atom stereocenters. The lowest BCUT2D eigenvalue weighted by Gasteiger charge is -2.21. The Morgan fingerprint density at radius 2 is 1.69 bits per heavy atom. The summed E-state index contributed by atoms with van der Waals surface area (Å²) >= 11 is 0. The van der Waals surface area contributed by atoms with Crippen LogP contribution in [0.1, 0.15) is 36.5 Å². The van der Waals surface area contributed by atoms with E-state index in [2.05, 4.69) is 10.6 Å². The molecule has 0 bridgehead atoms. The number of hydrogen-bond acceptors (Lipinski definition) is 5. The molecule has 2 N–H and O–H groups in total. The SMILES string of the molecule is CC(=O)Oc1cccc(C(=O)Nc2ccccc2NC(=O)CC2CCOCC2)c1. The number of nitrogens with one attached hydrogen (secondary N) is 2. The van der Waals surface area contributed by atoms with Crippen LogP contribution in [-0.2, 0) is 14.3 Å². The number of para-hydroxylation sites is 2. The van der Waals surface area contributed by atoms with Gasteiger partial charge in [-0.3, -0.25) is 14.4 Å². The van der Waals surface area contributed by atoms with E-state index in [9.17, 15) is 14.4 Å². The van der Waals surface area contributed by atoms with E-state index in [0.717, 1.165) is 12.8 Å². The Bertz CT molecular complexity index is 890. The summed E-state index contributed by atoms with van der Waals surface area (Å²) in [7, 11) is 0. The summed E-state index contributed by atoms with van der Waals surface area (Å²) < 4.78 is 10.3. The zero-order valence-electron chi connectivity index (χ0n) is 16.3. The molecule has 0 unspecified atom stereocenters. The van der Waals surface area contributed by atoms with Crippen LogP contribution in [0.4, 0.5) is 11.4 Å². The summed E-state index contributed by atoms with van der Waals surface area (Å²) in [4.78, 5) is 36.2. The predicted molar refractivity (Wildman–Crippen MR) is 109 cm³/mol. The first-order valence-corrected chi connectivity index (χ1v) is 9.57. The Balaban J connectivity index is 1.66. The fourth-order valence-corrected chi connectivity index (χ4v) is 3.18. The summed E-state index contributed by atoms with van der Waals surface area (Å²) in [5, 5.41) is 5.69. The van der Waals surface area contributed by atoms with Crippen LogP contribution in [0.5, 0.6) is 5.75 Å². The van der Waals surface area contributed by atoms with Crippen molar-refractivity contribution in [2.75, 3.05) is 23.8 Å². The van der Waals surface area contributed by atoms with Crippen molar-refractivity contribution >= 4 is 29.2 Å². The van der Waals surface area contributed by atoms with Gasteiger partial charge in [-0.1, -0.05) is 18.2 Å². The van der Waals surface area contributed by atoms with E-state index in [1.165, 1.54) is 13.0 Å². The number of amides is 2. The van der Waals surface area contributed by atoms with Crippen LogP contribution in [0.3, 0.4) is 0 Å². The summed E-state index contributed by atoms with van der Waals surface area (Å²) in [6, 6.07) is 13.4. The Hall–Kier alpha value is -3.19. The van der Waals surface area contributed by atoms with Crippen molar-refractivity contribution in [2.45, 2.75) is 26.2 Å². The molecule has 0 radical (unpaired) electrons. The minimum atomic E-state index is -0.458. The van der Waals surface area contributed by atoms with Crippen molar-refractivity contribution < 1.29 is 23.9 Å². The van der Waals surface area contributed by atoms with Gasteiger partial charge in [0.05, 0.1) is 11.4 Å². The van der Waals surface area contributed by atoms with E-state index in [1.807, 2.05) is 0 Å². The van der Waals surface area contributed by atoms with Gasteiger partial charge in [0.1, 0.15) is 5.75 Å². The van der Waals surface area contributed by atoms with Crippen molar-refractivity contribution in [1.29, 1.82) is 0 Å². The first kappa shape index (κ1) is 20.5. The Kier molecular flexibility index (Phi) is 6.97. The molecular weight excluding hydrogens is 372 g/mol. The predicted octanol–water partition coefficient (Wildman–Crippen LogP) is 3.62. The van der Waals surface area contributed by atoms with Crippen LogP contribution >= 0.6 is 0 Å². The van der Waals surface area contributed by atoms with Gasteiger partial charge in [0, 0.05) is 32.1 Å². The highest BCUT2D eigenvalue weighted by Gasteiger charge is 2.18. The number of esters is 1. The lowest BCUT2D eigenvalue weighted by atomic mass is 9.96. The van der Waals surface area contributed by atoms with Gasteiger partial charge in [-0.15, -0.1) is 0 Å². The molecule has 7 nitrogen and oxygen atoms in total. The maximum Gasteiger partial charge on any atom is 0.308 e. The standard InChI is InChI=1S/C22H24N2O5/c1-15(25)29-18-6-4-5-17(14-18)22(27)24-20-8-3-2-7-19(20)23-21(26)13-16-9-11-28-12-10-16/h2-8,14,16H,9-13H2,1H3,(H,23,26)(H,24,27). The third kappa shape index (κ3) is 6.15. The molecule has 2 aromatic rings. The molecule has 7 heteroatoms. The second-order valence-corrected chi connectivity index (χ2v) is 6.93. The highest BCUT2D eigenvalue weighted by atomic mass is 16.5. The number of hydrogen-bond donors (Lipinski definition) is 2. The molecule has 3 rings (SSSR count). The molecule has 152 valence electrons. The third-order valence-electron chi connectivity index (χ3n) is 4.62. The quantitative estimate of drug-likeness (QED) is 0.575. The van der Waals surface area contributed by atoms with E-state index >= 15 is 0 Å². The first-order valence-electron chi connectivity index (χ1n) is 9.57. The number of anilines is 2. The van der Waals surface area contributed by atoms with Gasteiger partial charge in [-0.05, 0) is 49.1 Å². The Morgan fingerprint density at radius 3 is 2.38 bits per heavy atom. The first-order chi connectivity index (χ1) is 14.0. The fourth-order valence-electron chi connectivity index (χ4n) is 3.18. The van der Waals surface area contributed by atoms with Crippen molar-refractivity contribution in [3.05, 3.63) is 54.1 Å². The van der Waals surface area contributed by atoms with E-state index < -0.39 is 5.97 Å². The summed E-state index contributed by atoms with van der Waals surface area (Å²) in [5.74, 6) is -0.307. The van der Waals surface area contributed by atoms with Crippen molar-refractivity contribution in [2.24, 2.45) is 5.92 Å². The molecule has 1 aliphatic heterocycles. The molecule has 0 aromatic heterocycles. The number of benzene rings is 2. The van der Waals surface area contributed by atoms with Crippen LogP contribution in [0, 0.1) is 5.92 Å². The monoisotopic (exact) mass is 396 g/mol. The molecule has 0 spiro atoms. The molecule has 29 heavy (non-hydrogen) atoms. The van der Waals surface area contributed by atoms with E-state index in [0.29, 0.717) is 48.2 Å². The number of rotatable bonds is 6. The third-order valence-corrected chi connectivity index (χ3v) is 4.62. The van der Waals surface area contributed by atoms with E-state index in [4.69, 9.17) is 9.47 Å². The maximum absolute atomic E-state index is 12.6. The molecule has 2 amide bonds. The van der Waals surface area contributed by atoms with Crippen LogP contribution in [0.25, 0.3) is 0 Å². The Labute approximate surface area is 169 Å². The van der Waals surface area contributed by atoms with Gasteiger partial charge in [0.25, 0.3) is 5.91 Å². The summed E-state index contributed by atoms with van der Waals surface area (Å²) in [6.07, 6.45) is 2.19. The topological polar surface area (TPSA) is 93.7 Å². The molecule has 0 saturated carbocycles. The van der Waals surface area contributed by atoms with Gasteiger partial charge in [0.15, 0.2) is 0 Å². The minimum absolute atomic E-state index is 0.0875. The lowest BCUT2D eigenvalue weighted by Crippen LogP contribution is -2.23. The van der Waals surface area contributed by atoms with Crippen LogP contribution < -0.4 is 15.4 Å². The van der Waals surface area contributed by atoms with Crippen LogP contribution in [0.15, 0.2) is 48.5 Å². The van der Waals surface area contributed by atoms with Gasteiger partial charge in [0.2, 0.25) is 5.91 Å². The maximum atomic E-state index is 12.6. The Morgan fingerprint density at radius 1 is 1.00 bits per heavy atom. The van der Waals surface area contributed by atoms with Crippen molar-refractivity contribution in [3.63, 3.8) is 0 Å². The second-order valence-electron chi connectivity index (χ2n) is 6.93. The van der Waals surface area contributed by atoms with E-state index in [1.54, 1.807) is 42.5 Å². The average molecular weight is 396 g/mol. The van der Waals surface area contributed by atoms with Gasteiger partial charge in [-0.25, -0.2) is 0 Å². The normalized spacial score (nSPS) is 14.1. The highest BCUT2D eigenvalue weighted by Crippen LogP contribution is 2.24. The smallest absolute Gasteiger partial charge is 0.308 e. The van der Waals surface area contributed by atoms with Gasteiger partial charge >= 0.3 is 5.97 Å². The zero-order valence-corrected chi connectivity index (χ0v) is 16.3. The summed E-state index contributed by atoms with van der Waals surface area (Å²) in [6.45, 7) is 2.68. The average Bonchev–Trinajstić information content (AvgIpc) is 2.70. The zero-order chi connectivity index (χ0) is 20.6. The highest BCUT2D eigenvalue weighted by molar-refractivity contribution is 6.07. The molecule has 1 heterocycles.